The summed E-state index contributed by atoms with van der Waals surface area (Å²) >= 11 is 6.17. The molecule has 2 heterocycles. The summed E-state index contributed by atoms with van der Waals surface area (Å²) in [4.78, 5) is 34.2. The number of hydrogen-bond acceptors (Lipinski definition) is 7. The van der Waals surface area contributed by atoms with E-state index in [1.165, 1.54) is 17.4 Å². The molecule has 0 radical (unpaired) electrons. The topological polar surface area (TPSA) is 110 Å². The second-order valence-electron chi connectivity index (χ2n) is 8.74. The Hall–Kier alpha value is -3.43. The van der Waals surface area contributed by atoms with Crippen molar-refractivity contribution in [3.63, 3.8) is 0 Å². The first-order valence-electron chi connectivity index (χ1n) is 12.1. The maximum Gasteiger partial charge on any atom is 0.293 e. The highest BCUT2D eigenvalue weighted by Crippen LogP contribution is 2.23. The molecular weight excluding hydrogens is 480 g/mol. The molecule has 0 spiro atoms. The van der Waals surface area contributed by atoms with Gasteiger partial charge in [0, 0.05) is 66.5 Å². The van der Waals surface area contributed by atoms with Gasteiger partial charge in [0.25, 0.3) is 5.56 Å². The number of hydrogen-bond donors (Lipinski definition) is 3. The second-order valence-corrected chi connectivity index (χ2v) is 9.18. The van der Waals surface area contributed by atoms with Gasteiger partial charge in [-0.3, -0.25) is 19.1 Å². The zero-order valence-corrected chi connectivity index (χ0v) is 21.1. The van der Waals surface area contributed by atoms with Crippen LogP contribution in [0.25, 0.3) is 0 Å². The lowest BCUT2D eigenvalue weighted by Crippen LogP contribution is -2.34. The molecule has 3 aromatic rings. The number of nitrogens with one attached hydrogen (secondary N) is 3. The predicted octanol–water partition coefficient (Wildman–Crippen LogP) is 2.70. The Morgan fingerprint density at radius 1 is 1.19 bits per heavy atom. The van der Waals surface area contributed by atoms with Crippen molar-refractivity contribution in [3.05, 3.63) is 81.1 Å². The molecule has 10 heteroatoms. The number of ether oxygens (including phenoxy) is 1. The molecule has 0 unspecified atom stereocenters. The highest BCUT2D eigenvalue weighted by molar-refractivity contribution is 6.30. The van der Waals surface area contributed by atoms with Gasteiger partial charge in [0.05, 0.1) is 0 Å². The summed E-state index contributed by atoms with van der Waals surface area (Å²) in [6.07, 6.45) is 6.41. The molecule has 36 heavy (non-hydrogen) atoms. The van der Waals surface area contributed by atoms with Crippen molar-refractivity contribution in [3.8, 4) is 5.75 Å². The van der Waals surface area contributed by atoms with E-state index in [2.05, 4.69) is 25.9 Å². The molecule has 1 saturated carbocycles. The minimum Gasteiger partial charge on any atom is -0.492 e. The molecule has 0 saturated heterocycles. The molecule has 1 aliphatic carbocycles. The number of aromatic nitrogens is 3. The van der Waals surface area contributed by atoms with Crippen LogP contribution in [0.2, 0.25) is 5.02 Å². The first-order valence-corrected chi connectivity index (χ1v) is 12.5. The van der Waals surface area contributed by atoms with E-state index < -0.39 is 0 Å². The molecule has 0 bridgehead atoms. The van der Waals surface area contributed by atoms with Crippen LogP contribution in [0.5, 0.6) is 5.75 Å². The van der Waals surface area contributed by atoms with Crippen LogP contribution in [0.4, 0.5) is 5.82 Å². The summed E-state index contributed by atoms with van der Waals surface area (Å²) in [6, 6.07) is 11.7. The third kappa shape index (κ3) is 7.53. The van der Waals surface area contributed by atoms with E-state index in [-0.39, 0.29) is 30.4 Å². The fraction of sp³-hybridized carbons (Fsp3) is 0.385. The fourth-order valence-corrected chi connectivity index (χ4v) is 3.87. The number of carbonyl (C=O) groups excluding carboxylic acids is 1. The van der Waals surface area contributed by atoms with E-state index in [1.54, 1.807) is 37.5 Å². The molecule has 1 aromatic carbocycles. The van der Waals surface area contributed by atoms with Crippen LogP contribution in [0.15, 0.2) is 53.6 Å². The van der Waals surface area contributed by atoms with Crippen LogP contribution in [-0.2, 0) is 24.3 Å². The normalized spacial score (nSPS) is 12.8. The van der Waals surface area contributed by atoms with Crippen molar-refractivity contribution in [2.75, 3.05) is 25.0 Å². The van der Waals surface area contributed by atoms with Crippen molar-refractivity contribution in [1.29, 1.82) is 0 Å². The number of benzene rings is 1. The Bertz CT molecular complexity index is 1230. The van der Waals surface area contributed by atoms with E-state index in [4.69, 9.17) is 16.3 Å². The Balaban J connectivity index is 1.32. The van der Waals surface area contributed by atoms with Gasteiger partial charge in [-0.25, -0.2) is 4.98 Å². The average molecular weight is 511 g/mol. The molecule has 0 atom stereocenters. The van der Waals surface area contributed by atoms with Gasteiger partial charge >= 0.3 is 0 Å². The number of carbonyl (C=O) groups is 1. The van der Waals surface area contributed by atoms with Gasteiger partial charge in [-0.1, -0.05) is 17.7 Å². The van der Waals surface area contributed by atoms with Gasteiger partial charge in [-0.05, 0) is 50.1 Å². The van der Waals surface area contributed by atoms with Gasteiger partial charge < -0.3 is 20.7 Å². The number of rotatable bonds is 13. The predicted molar refractivity (Wildman–Crippen MR) is 139 cm³/mol. The van der Waals surface area contributed by atoms with E-state index in [9.17, 15) is 9.59 Å². The first-order chi connectivity index (χ1) is 17.5. The lowest BCUT2D eigenvalue weighted by molar-refractivity contribution is -0.121. The van der Waals surface area contributed by atoms with Crippen LogP contribution in [0.1, 0.15) is 29.8 Å². The van der Waals surface area contributed by atoms with Crippen LogP contribution < -0.4 is 26.2 Å². The Morgan fingerprint density at radius 2 is 2.06 bits per heavy atom. The molecule has 1 aliphatic rings. The average Bonchev–Trinajstić information content (AvgIpc) is 3.70. The second kappa shape index (κ2) is 12.5. The number of amides is 1. The van der Waals surface area contributed by atoms with E-state index in [1.807, 2.05) is 18.2 Å². The van der Waals surface area contributed by atoms with Gasteiger partial charge in [-0.15, -0.1) is 0 Å². The molecule has 2 aromatic heterocycles. The smallest absolute Gasteiger partial charge is 0.293 e. The summed E-state index contributed by atoms with van der Waals surface area (Å²) in [5.41, 5.74) is 1.94. The summed E-state index contributed by atoms with van der Waals surface area (Å²) in [5.74, 6) is 0.579. The first kappa shape index (κ1) is 25.7. The molecule has 4 rings (SSSR count). The standard InChI is InChI=1S/C26H31ClN6O3/c1-18-15-32-25(30-11-9-21-4-2-3-10-28-21)26(35)33(18)17-24(34)31-16-19-14-20(27)5-8-23(19)36-13-12-29-22-6-7-22/h2-5,8,10,14-15,22,29H,6-7,9,11-13,16-17H2,1H3,(H,30,32)(H,31,34). The summed E-state index contributed by atoms with van der Waals surface area (Å²) in [5, 5.41) is 9.89. The summed E-state index contributed by atoms with van der Waals surface area (Å²) in [6.45, 7) is 3.66. The lowest BCUT2D eigenvalue weighted by Gasteiger charge is -2.15. The number of nitrogens with zero attached hydrogens (tertiary/aromatic N) is 3. The lowest BCUT2D eigenvalue weighted by atomic mass is 10.2. The highest BCUT2D eigenvalue weighted by atomic mass is 35.5. The third-order valence-electron chi connectivity index (χ3n) is 5.82. The van der Waals surface area contributed by atoms with Crippen LogP contribution >= 0.6 is 11.6 Å². The SMILES string of the molecule is Cc1cnc(NCCc2ccccn2)c(=O)n1CC(=O)NCc1cc(Cl)ccc1OCCNC1CC1. The van der Waals surface area contributed by atoms with E-state index >= 15 is 0 Å². The molecular formula is C26H31ClN6O3. The number of anilines is 1. The number of halogens is 1. The fourth-order valence-electron chi connectivity index (χ4n) is 3.68. The maximum atomic E-state index is 12.9. The van der Waals surface area contributed by atoms with E-state index in [0.717, 1.165) is 17.8 Å². The van der Waals surface area contributed by atoms with Gasteiger partial charge in [-0.2, -0.15) is 0 Å². The number of aryl methyl sites for hydroxylation is 1. The minimum absolute atomic E-state index is 0.121. The molecule has 1 amide bonds. The van der Waals surface area contributed by atoms with Crippen LogP contribution in [0.3, 0.4) is 0 Å². The van der Waals surface area contributed by atoms with Gasteiger partial charge in [0.2, 0.25) is 5.91 Å². The Morgan fingerprint density at radius 3 is 2.83 bits per heavy atom. The van der Waals surface area contributed by atoms with Crippen molar-refractivity contribution >= 4 is 23.3 Å². The molecule has 190 valence electrons. The van der Waals surface area contributed by atoms with Crippen molar-refractivity contribution in [2.45, 2.75) is 45.3 Å². The summed E-state index contributed by atoms with van der Waals surface area (Å²) in [7, 11) is 0. The Labute approximate surface area is 215 Å². The minimum atomic E-state index is -0.346. The van der Waals surface area contributed by atoms with Gasteiger partial charge in [0.1, 0.15) is 18.9 Å². The Kier molecular flexibility index (Phi) is 8.91. The largest absolute Gasteiger partial charge is 0.492 e. The summed E-state index contributed by atoms with van der Waals surface area (Å²) < 4.78 is 7.30. The van der Waals surface area contributed by atoms with Crippen molar-refractivity contribution in [2.24, 2.45) is 0 Å². The van der Waals surface area contributed by atoms with Gasteiger partial charge in [0.15, 0.2) is 5.82 Å². The quantitative estimate of drug-likeness (QED) is 0.303. The molecule has 0 aliphatic heterocycles. The van der Waals surface area contributed by atoms with Crippen LogP contribution in [0, 0.1) is 6.92 Å². The van der Waals surface area contributed by atoms with Crippen molar-refractivity contribution in [1.82, 2.24) is 25.2 Å². The number of pyridine rings is 1. The molecule has 9 nitrogen and oxygen atoms in total. The van der Waals surface area contributed by atoms with E-state index in [0.29, 0.717) is 42.1 Å². The maximum absolute atomic E-state index is 12.9. The third-order valence-corrected chi connectivity index (χ3v) is 6.06. The monoisotopic (exact) mass is 510 g/mol. The molecule has 3 N–H and O–H groups in total. The zero-order chi connectivity index (χ0) is 25.3. The van der Waals surface area contributed by atoms with Crippen molar-refractivity contribution < 1.29 is 9.53 Å². The molecule has 1 fully saturated rings. The van der Waals surface area contributed by atoms with Crippen LogP contribution in [-0.4, -0.2) is 46.2 Å². The zero-order valence-electron chi connectivity index (χ0n) is 20.3. The highest BCUT2D eigenvalue weighted by Gasteiger charge is 2.19.